The van der Waals surface area contributed by atoms with Crippen molar-refractivity contribution in [2.45, 2.75) is 53.0 Å². The number of benzene rings is 1. The van der Waals surface area contributed by atoms with Crippen LogP contribution >= 0.6 is 0 Å². The Bertz CT molecular complexity index is 457. The van der Waals surface area contributed by atoms with Gasteiger partial charge in [0.1, 0.15) is 0 Å². The molecular formula is C17H29N3O. The lowest BCUT2D eigenvalue weighted by molar-refractivity contribution is -0.117. The molecule has 1 rings (SSSR count). The molecule has 1 aromatic carbocycles. The molecule has 0 saturated carbocycles. The number of carbonyl (C=O) groups excluding carboxylic acids is 1. The molecule has 118 valence electrons. The molecule has 1 aromatic rings. The number of nitrogens with one attached hydrogen (secondary N) is 1. The first kappa shape index (κ1) is 17.5. The molecule has 3 N–H and O–H groups in total. The number of hydrogen-bond acceptors (Lipinski definition) is 3. The van der Waals surface area contributed by atoms with Crippen LogP contribution in [0.3, 0.4) is 0 Å². The van der Waals surface area contributed by atoms with Gasteiger partial charge in [0.05, 0.1) is 6.54 Å². The Morgan fingerprint density at radius 2 is 2.05 bits per heavy atom. The SMILES string of the molecule is CCCCCN(CC(=O)Nc1ccc(C)c(N)c1)C(C)C. The fraction of sp³-hybridized carbons (Fsp3) is 0.588. The van der Waals surface area contributed by atoms with Crippen LogP contribution in [0, 0.1) is 6.92 Å². The molecule has 0 radical (unpaired) electrons. The lowest BCUT2D eigenvalue weighted by Gasteiger charge is -2.25. The van der Waals surface area contributed by atoms with Crippen molar-refractivity contribution >= 4 is 17.3 Å². The summed E-state index contributed by atoms with van der Waals surface area (Å²) < 4.78 is 0. The summed E-state index contributed by atoms with van der Waals surface area (Å²) in [4.78, 5) is 14.4. The van der Waals surface area contributed by atoms with Gasteiger partial charge in [-0.3, -0.25) is 9.69 Å². The van der Waals surface area contributed by atoms with Crippen molar-refractivity contribution in [3.63, 3.8) is 0 Å². The lowest BCUT2D eigenvalue weighted by Crippen LogP contribution is -2.38. The number of nitrogens with two attached hydrogens (primary N) is 1. The molecule has 0 aliphatic carbocycles. The van der Waals surface area contributed by atoms with Gasteiger partial charge in [0.2, 0.25) is 5.91 Å². The highest BCUT2D eigenvalue weighted by Gasteiger charge is 2.13. The van der Waals surface area contributed by atoms with Crippen molar-refractivity contribution in [2.24, 2.45) is 0 Å². The highest BCUT2D eigenvalue weighted by atomic mass is 16.2. The average Bonchev–Trinajstić information content (AvgIpc) is 2.42. The van der Waals surface area contributed by atoms with Crippen molar-refractivity contribution in [1.29, 1.82) is 0 Å². The zero-order chi connectivity index (χ0) is 15.8. The van der Waals surface area contributed by atoms with Gasteiger partial charge >= 0.3 is 0 Å². The number of hydrogen-bond donors (Lipinski definition) is 2. The zero-order valence-corrected chi connectivity index (χ0v) is 13.8. The molecule has 0 heterocycles. The Balaban J connectivity index is 2.54. The van der Waals surface area contributed by atoms with Crippen LogP contribution in [-0.2, 0) is 4.79 Å². The summed E-state index contributed by atoms with van der Waals surface area (Å²) in [5.74, 6) is 0.0171. The molecule has 4 nitrogen and oxygen atoms in total. The van der Waals surface area contributed by atoms with Gasteiger partial charge in [-0.2, -0.15) is 0 Å². The molecular weight excluding hydrogens is 262 g/mol. The number of nitrogen functional groups attached to an aromatic ring is 1. The molecule has 0 aliphatic heterocycles. The first-order chi connectivity index (χ1) is 9.93. The van der Waals surface area contributed by atoms with E-state index >= 15 is 0 Å². The second-order valence-corrected chi connectivity index (χ2v) is 5.89. The van der Waals surface area contributed by atoms with Crippen molar-refractivity contribution < 1.29 is 4.79 Å². The molecule has 0 unspecified atom stereocenters. The maximum atomic E-state index is 12.2. The topological polar surface area (TPSA) is 58.4 Å². The Kier molecular flexibility index (Phi) is 7.23. The number of amides is 1. The van der Waals surface area contributed by atoms with E-state index in [4.69, 9.17) is 5.73 Å². The fourth-order valence-corrected chi connectivity index (χ4v) is 2.19. The van der Waals surface area contributed by atoms with E-state index in [0.29, 0.717) is 18.3 Å². The lowest BCUT2D eigenvalue weighted by atomic mass is 10.2. The Morgan fingerprint density at radius 1 is 1.33 bits per heavy atom. The summed E-state index contributed by atoms with van der Waals surface area (Å²) in [6, 6.07) is 5.99. The third-order valence-electron chi connectivity index (χ3n) is 3.69. The molecule has 0 aliphatic rings. The van der Waals surface area contributed by atoms with Crippen LogP contribution in [0.15, 0.2) is 18.2 Å². The van der Waals surface area contributed by atoms with Crippen LogP contribution in [0.2, 0.25) is 0 Å². The van der Waals surface area contributed by atoms with Crippen molar-refractivity contribution in [3.05, 3.63) is 23.8 Å². The predicted octanol–water partition coefficient (Wildman–Crippen LogP) is 3.42. The predicted molar refractivity (Wildman–Crippen MR) is 90.5 cm³/mol. The molecule has 0 saturated heterocycles. The highest BCUT2D eigenvalue weighted by molar-refractivity contribution is 5.92. The van der Waals surface area contributed by atoms with Gasteiger partial charge in [0.25, 0.3) is 0 Å². The first-order valence-electron chi connectivity index (χ1n) is 7.84. The smallest absolute Gasteiger partial charge is 0.238 e. The molecule has 0 aromatic heterocycles. The number of carbonyl (C=O) groups is 1. The maximum Gasteiger partial charge on any atom is 0.238 e. The number of unbranched alkanes of at least 4 members (excludes halogenated alkanes) is 2. The summed E-state index contributed by atoms with van der Waals surface area (Å²) in [7, 11) is 0. The number of anilines is 2. The van der Waals surface area contributed by atoms with Crippen LogP contribution in [0.25, 0.3) is 0 Å². The zero-order valence-electron chi connectivity index (χ0n) is 13.8. The van der Waals surface area contributed by atoms with Gasteiger partial charge in [-0.1, -0.05) is 25.8 Å². The van der Waals surface area contributed by atoms with Crippen LogP contribution in [-0.4, -0.2) is 29.9 Å². The Hall–Kier alpha value is -1.55. The number of aryl methyl sites for hydroxylation is 1. The van der Waals surface area contributed by atoms with Gasteiger partial charge in [0.15, 0.2) is 0 Å². The molecule has 0 fully saturated rings. The fourth-order valence-electron chi connectivity index (χ4n) is 2.19. The third kappa shape index (κ3) is 6.17. The van der Waals surface area contributed by atoms with E-state index in [-0.39, 0.29) is 5.91 Å². The summed E-state index contributed by atoms with van der Waals surface area (Å²) in [5, 5.41) is 2.93. The standard InChI is InChI=1S/C17H29N3O/c1-5-6-7-10-20(13(2)3)12-17(21)19-15-9-8-14(4)16(18)11-15/h8-9,11,13H,5-7,10,12,18H2,1-4H3,(H,19,21). The minimum atomic E-state index is 0.0171. The largest absolute Gasteiger partial charge is 0.398 e. The van der Waals surface area contributed by atoms with Gasteiger partial charge in [0, 0.05) is 17.4 Å². The molecule has 0 atom stereocenters. The molecule has 21 heavy (non-hydrogen) atoms. The van der Waals surface area contributed by atoms with Crippen LogP contribution in [0.4, 0.5) is 11.4 Å². The second kappa shape index (κ2) is 8.67. The summed E-state index contributed by atoms with van der Waals surface area (Å²) >= 11 is 0. The van der Waals surface area contributed by atoms with Crippen LogP contribution in [0.5, 0.6) is 0 Å². The highest BCUT2D eigenvalue weighted by Crippen LogP contribution is 2.17. The van der Waals surface area contributed by atoms with Crippen LogP contribution in [0.1, 0.15) is 45.6 Å². The Morgan fingerprint density at radius 3 is 2.62 bits per heavy atom. The van der Waals surface area contributed by atoms with Gasteiger partial charge in [-0.25, -0.2) is 0 Å². The summed E-state index contributed by atoms with van der Waals surface area (Å²) in [6.07, 6.45) is 3.54. The van der Waals surface area contributed by atoms with Gasteiger partial charge < -0.3 is 11.1 Å². The minimum Gasteiger partial charge on any atom is -0.398 e. The Labute approximate surface area is 128 Å². The van der Waals surface area contributed by atoms with Crippen molar-refractivity contribution in [1.82, 2.24) is 4.90 Å². The monoisotopic (exact) mass is 291 g/mol. The molecule has 0 spiro atoms. The molecule has 0 bridgehead atoms. The van der Waals surface area contributed by atoms with Gasteiger partial charge in [-0.05, 0) is 51.4 Å². The van der Waals surface area contributed by atoms with Crippen molar-refractivity contribution in [2.75, 3.05) is 24.1 Å². The van der Waals surface area contributed by atoms with Crippen LogP contribution < -0.4 is 11.1 Å². The first-order valence-corrected chi connectivity index (χ1v) is 7.84. The average molecular weight is 291 g/mol. The second-order valence-electron chi connectivity index (χ2n) is 5.89. The number of nitrogens with zero attached hydrogens (tertiary/aromatic N) is 1. The molecule has 4 heteroatoms. The normalized spacial score (nSPS) is 11.1. The van der Waals surface area contributed by atoms with Crippen molar-refractivity contribution in [3.8, 4) is 0 Å². The van der Waals surface area contributed by atoms with E-state index < -0.39 is 0 Å². The van der Waals surface area contributed by atoms with E-state index in [0.717, 1.165) is 24.2 Å². The van der Waals surface area contributed by atoms with E-state index in [9.17, 15) is 4.79 Å². The van der Waals surface area contributed by atoms with E-state index in [1.54, 1.807) is 0 Å². The van der Waals surface area contributed by atoms with Gasteiger partial charge in [-0.15, -0.1) is 0 Å². The quantitative estimate of drug-likeness (QED) is 0.570. The molecule has 1 amide bonds. The minimum absolute atomic E-state index is 0.0171. The van der Waals surface area contributed by atoms with E-state index in [1.165, 1.54) is 12.8 Å². The van der Waals surface area contributed by atoms with E-state index in [1.807, 2.05) is 25.1 Å². The third-order valence-corrected chi connectivity index (χ3v) is 3.69. The maximum absolute atomic E-state index is 12.2. The number of rotatable bonds is 8. The summed E-state index contributed by atoms with van der Waals surface area (Å²) in [5.41, 5.74) is 8.36. The van der Waals surface area contributed by atoms with E-state index in [2.05, 4.69) is 31.0 Å². The summed E-state index contributed by atoms with van der Waals surface area (Å²) in [6.45, 7) is 9.79.